The third kappa shape index (κ3) is 7.02. The zero-order chi connectivity index (χ0) is 15.0. The van der Waals surface area contributed by atoms with Crippen LogP contribution in [-0.2, 0) is 14.4 Å². The topological polar surface area (TPSA) is 122 Å². The Labute approximate surface area is 116 Å². The molecule has 0 bridgehead atoms. The van der Waals surface area contributed by atoms with Crippen molar-refractivity contribution in [3.63, 3.8) is 0 Å². The van der Waals surface area contributed by atoms with Gasteiger partial charge in [0.05, 0.1) is 6.04 Å². The molecule has 19 heavy (non-hydrogen) atoms. The Morgan fingerprint density at radius 2 is 1.79 bits per heavy atom. The van der Waals surface area contributed by atoms with Crippen LogP contribution in [0.25, 0.3) is 0 Å². The molecule has 0 aliphatic carbocycles. The lowest BCUT2D eigenvalue weighted by Gasteiger charge is -2.19. The van der Waals surface area contributed by atoms with Gasteiger partial charge in [-0.1, -0.05) is 0 Å². The lowest BCUT2D eigenvalue weighted by atomic mass is 10.2. The molecular weight excluding hydrogens is 270 g/mol. The number of hydrogen-bond donors (Lipinski definition) is 4. The molecule has 0 saturated carbocycles. The number of nitrogens with one attached hydrogen (secondary N) is 2. The Bertz CT molecular complexity index is 336. The van der Waals surface area contributed by atoms with Gasteiger partial charge in [0.1, 0.15) is 12.1 Å². The van der Waals surface area contributed by atoms with E-state index in [1.54, 1.807) is 0 Å². The van der Waals surface area contributed by atoms with Crippen LogP contribution >= 0.6 is 11.8 Å². The SMILES string of the molecule is CSCC[C@H](NC(=O)[C@H](C)NC(=O)[C@H](C)N)C(=O)O. The third-order valence-corrected chi connectivity index (χ3v) is 3.03. The van der Waals surface area contributed by atoms with Gasteiger partial charge < -0.3 is 21.5 Å². The van der Waals surface area contributed by atoms with Crippen LogP contribution in [0.15, 0.2) is 0 Å². The van der Waals surface area contributed by atoms with Crippen molar-refractivity contribution in [1.29, 1.82) is 0 Å². The molecular formula is C11H21N3O4S. The molecule has 0 rings (SSSR count). The first-order valence-electron chi connectivity index (χ1n) is 5.87. The number of rotatable bonds is 8. The number of hydrogen-bond acceptors (Lipinski definition) is 5. The van der Waals surface area contributed by atoms with Crippen molar-refractivity contribution in [3.8, 4) is 0 Å². The van der Waals surface area contributed by atoms with E-state index in [1.807, 2.05) is 6.26 Å². The highest BCUT2D eigenvalue weighted by atomic mass is 32.2. The summed E-state index contributed by atoms with van der Waals surface area (Å²) in [6.45, 7) is 2.97. The van der Waals surface area contributed by atoms with Crippen LogP contribution in [0.5, 0.6) is 0 Å². The van der Waals surface area contributed by atoms with Gasteiger partial charge in [0, 0.05) is 0 Å². The summed E-state index contributed by atoms with van der Waals surface area (Å²) < 4.78 is 0. The maximum Gasteiger partial charge on any atom is 0.326 e. The van der Waals surface area contributed by atoms with E-state index in [0.29, 0.717) is 12.2 Å². The number of carbonyl (C=O) groups is 3. The van der Waals surface area contributed by atoms with Gasteiger partial charge in [0.2, 0.25) is 11.8 Å². The summed E-state index contributed by atoms with van der Waals surface area (Å²) in [5.74, 6) is -1.47. The van der Waals surface area contributed by atoms with Gasteiger partial charge in [0.15, 0.2) is 0 Å². The number of thioether (sulfide) groups is 1. The van der Waals surface area contributed by atoms with Crippen molar-refractivity contribution < 1.29 is 19.5 Å². The van der Waals surface area contributed by atoms with Gasteiger partial charge in [-0.25, -0.2) is 4.79 Å². The fourth-order valence-corrected chi connectivity index (χ4v) is 1.67. The minimum absolute atomic E-state index is 0.330. The molecule has 0 unspecified atom stereocenters. The van der Waals surface area contributed by atoms with Gasteiger partial charge in [-0.2, -0.15) is 11.8 Å². The Balaban J connectivity index is 4.38. The average molecular weight is 291 g/mol. The summed E-state index contributed by atoms with van der Waals surface area (Å²) in [7, 11) is 0. The average Bonchev–Trinajstić information content (AvgIpc) is 2.33. The summed E-state index contributed by atoms with van der Waals surface area (Å²) in [5.41, 5.74) is 5.36. The maximum atomic E-state index is 11.7. The Morgan fingerprint density at radius 3 is 2.21 bits per heavy atom. The number of carboxylic acids is 1. The van der Waals surface area contributed by atoms with Crippen molar-refractivity contribution in [2.24, 2.45) is 5.73 Å². The van der Waals surface area contributed by atoms with Gasteiger partial charge >= 0.3 is 5.97 Å². The highest BCUT2D eigenvalue weighted by molar-refractivity contribution is 7.98. The van der Waals surface area contributed by atoms with Crippen molar-refractivity contribution in [1.82, 2.24) is 10.6 Å². The summed E-state index contributed by atoms with van der Waals surface area (Å²) in [6.07, 6.45) is 2.18. The summed E-state index contributed by atoms with van der Waals surface area (Å²) in [5, 5.41) is 13.8. The first-order valence-corrected chi connectivity index (χ1v) is 7.27. The molecule has 8 heteroatoms. The summed E-state index contributed by atoms with van der Waals surface area (Å²) in [4.78, 5) is 34.0. The van der Waals surface area contributed by atoms with Crippen LogP contribution in [0, 0.1) is 0 Å². The predicted octanol–water partition coefficient (Wildman–Crippen LogP) is -0.839. The normalized spacial score (nSPS) is 15.2. The molecule has 3 atom stereocenters. The molecule has 0 saturated heterocycles. The Morgan fingerprint density at radius 1 is 1.21 bits per heavy atom. The van der Waals surface area contributed by atoms with Crippen molar-refractivity contribution in [2.75, 3.05) is 12.0 Å². The van der Waals surface area contributed by atoms with Crippen LogP contribution in [0.1, 0.15) is 20.3 Å². The standard InChI is InChI=1S/C11H21N3O4S/c1-6(12)9(15)13-7(2)10(16)14-8(11(17)18)4-5-19-3/h6-8H,4-5,12H2,1-3H3,(H,13,15)(H,14,16)(H,17,18)/t6-,7-,8-/m0/s1. The van der Waals surface area contributed by atoms with Crippen LogP contribution in [0.2, 0.25) is 0 Å². The van der Waals surface area contributed by atoms with E-state index >= 15 is 0 Å². The fraction of sp³-hybridized carbons (Fsp3) is 0.727. The van der Waals surface area contributed by atoms with Crippen molar-refractivity contribution in [2.45, 2.75) is 38.4 Å². The molecule has 0 aromatic heterocycles. The van der Waals surface area contributed by atoms with Gasteiger partial charge in [-0.05, 0) is 32.3 Å². The number of nitrogens with two attached hydrogens (primary N) is 1. The number of carboxylic acid groups (broad SMARTS) is 1. The van der Waals surface area contributed by atoms with Crippen LogP contribution < -0.4 is 16.4 Å². The molecule has 5 N–H and O–H groups in total. The molecule has 0 spiro atoms. The van der Waals surface area contributed by atoms with Crippen molar-refractivity contribution in [3.05, 3.63) is 0 Å². The minimum Gasteiger partial charge on any atom is -0.480 e. The van der Waals surface area contributed by atoms with Crippen LogP contribution in [0.4, 0.5) is 0 Å². The highest BCUT2D eigenvalue weighted by Crippen LogP contribution is 2.01. The van der Waals surface area contributed by atoms with Gasteiger partial charge in [-0.3, -0.25) is 9.59 Å². The molecule has 7 nitrogen and oxygen atoms in total. The van der Waals surface area contributed by atoms with E-state index < -0.39 is 35.9 Å². The van der Waals surface area contributed by atoms with E-state index in [9.17, 15) is 14.4 Å². The van der Waals surface area contributed by atoms with E-state index in [1.165, 1.54) is 25.6 Å². The summed E-state index contributed by atoms with van der Waals surface area (Å²) in [6, 6.07) is -2.49. The smallest absolute Gasteiger partial charge is 0.326 e. The fourth-order valence-electron chi connectivity index (χ4n) is 1.20. The number of carbonyl (C=O) groups excluding carboxylic acids is 2. The van der Waals surface area contributed by atoms with Crippen molar-refractivity contribution >= 4 is 29.5 Å². The second-order valence-corrected chi connectivity index (χ2v) is 5.19. The van der Waals surface area contributed by atoms with E-state index in [0.717, 1.165) is 0 Å². The first kappa shape index (κ1) is 17.7. The molecule has 0 fully saturated rings. The molecule has 0 aromatic carbocycles. The molecule has 2 amide bonds. The van der Waals surface area contributed by atoms with Crippen LogP contribution in [-0.4, -0.2) is 53.0 Å². The lowest BCUT2D eigenvalue weighted by Crippen LogP contribution is -2.52. The monoisotopic (exact) mass is 291 g/mol. The summed E-state index contributed by atoms with van der Waals surface area (Å²) >= 11 is 1.50. The quantitative estimate of drug-likeness (QED) is 0.463. The molecule has 110 valence electrons. The zero-order valence-electron chi connectivity index (χ0n) is 11.3. The second kappa shape index (κ2) is 8.76. The number of amides is 2. The molecule has 0 heterocycles. The highest BCUT2D eigenvalue weighted by Gasteiger charge is 2.23. The zero-order valence-corrected chi connectivity index (χ0v) is 12.1. The third-order valence-electron chi connectivity index (χ3n) is 2.39. The van der Waals surface area contributed by atoms with Crippen LogP contribution in [0.3, 0.4) is 0 Å². The molecule has 0 radical (unpaired) electrons. The molecule has 0 aliphatic heterocycles. The maximum absolute atomic E-state index is 11.7. The van der Waals surface area contributed by atoms with E-state index in [-0.39, 0.29) is 0 Å². The van der Waals surface area contributed by atoms with E-state index in [2.05, 4.69) is 10.6 Å². The Kier molecular flexibility index (Phi) is 8.17. The second-order valence-electron chi connectivity index (χ2n) is 4.20. The minimum atomic E-state index is -1.09. The lowest BCUT2D eigenvalue weighted by molar-refractivity contribution is -0.142. The van der Waals surface area contributed by atoms with E-state index in [4.69, 9.17) is 10.8 Å². The largest absolute Gasteiger partial charge is 0.480 e. The first-order chi connectivity index (χ1) is 8.79. The van der Waals surface area contributed by atoms with Gasteiger partial charge in [0.25, 0.3) is 0 Å². The van der Waals surface area contributed by atoms with Gasteiger partial charge in [-0.15, -0.1) is 0 Å². The number of aliphatic carboxylic acids is 1. The Hall–Kier alpha value is -1.28. The molecule has 0 aromatic rings. The molecule has 0 aliphatic rings. The predicted molar refractivity (Wildman–Crippen MR) is 73.8 cm³/mol.